The van der Waals surface area contributed by atoms with Gasteiger partial charge in [0.1, 0.15) is 0 Å². The molecule has 0 spiro atoms. The minimum atomic E-state index is 0.0234. The number of aliphatic hydroxyl groups is 1. The van der Waals surface area contributed by atoms with Crippen molar-refractivity contribution in [2.75, 3.05) is 20.8 Å². The zero-order valence-electron chi connectivity index (χ0n) is 9.91. The standard InChI is InChI=1S/C12H18O4/c1-8-9(5-4-6-13)7-10(15-2)11(14)12(8)16-3/h7,13-14H,4-6H2,1-3H3. The van der Waals surface area contributed by atoms with E-state index in [4.69, 9.17) is 14.6 Å². The lowest BCUT2D eigenvalue weighted by Gasteiger charge is -2.15. The number of phenolic OH excluding ortho intramolecular Hbond substituents is 1. The Kier molecular flexibility index (Phi) is 4.43. The van der Waals surface area contributed by atoms with E-state index in [0.717, 1.165) is 17.5 Å². The molecule has 0 aliphatic rings. The molecule has 0 saturated heterocycles. The lowest BCUT2D eigenvalue weighted by atomic mass is 10.0. The maximum atomic E-state index is 9.82. The number of rotatable bonds is 5. The smallest absolute Gasteiger partial charge is 0.201 e. The van der Waals surface area contributed by atoms with Crippen molar-refractivity contribution in [2.45, 2.75) is 19.8 Å². The molecule has 0 amide bonds. The number of aromatic hydroxyl groups is 1. The molecule has 0 fully saturated rings. The number of hydrogen-bond acceptors (Lipinski definition) is 4. The Labute approximate surface area is 95.4 Å². The Morgan fingerprint density at radius 2 is 1.94 bits per heavy atom. The van der Waals surface area contributed by atoms with Gasteiger partial charge in [0.05, 0.1) is 14.2 Å². The molecule has 0 radical (unpaired) electrons. The summed E-state index contributed by atoms with van der Waals surface area (Å²) >= 11 is 0. The highest BCUT2D eigenvalue weighted by molar-refractivity contribution is 5.57. The summed E-state index contributed by atoms with van der Waals surface area (Å²) in [4.78, 5) is 0. The monoisotopic (exact) mass is 226 g/mol. The molecule has 0 aliphatic heterocycles. The van der Waals surface area contributed by atoms with Crippen LogP contribution in [0.25, 0.3) is 0 Å². The van der Waals surface area contributed by atoms with Gasteiger partial charge in [0.2, 0.25) is 5.75 Å². The molecule has 4 nitrogen and oxygen atoms in total. The minimum Gasteiger partial charge on any atom is -0.502 e. The third kappa shape index (κ3) is 2.39. The summed E-state index contributed by atoms with van der Waals surface area (Å²) in [5, 5.41) is 18.6. The van der Waals surface area contributed by atoms with Crippen molar-refractivity contribution in [3.63, 3.8) is 0 Å². The maximum absolute atomic E-state index is 9.82. The minimum absolute atomic E-state index is 0.0234. The van der Waals surface area contributed by atoms with Crippen LogP contribution in [0.1, 0.15) is 17.5 Å². The van der Waals surface area contributed by atoms with Crippen molar-refractivity contribution in [3.8, 4) is 17.2 Å². The van der Waals surface area contributed by atoms with Crippen molar-refractivity contribution < 1.29 is 19.7 Å². The third-order valence-electron chi connectivity index (χ3n) is 2.60. The van der Waals surface area contributed by atoms with Gasteiger partial charge < -0.3 is 19.7 Å². The van der Waals surface area contributed by atoms with Gasteiger partial charge in [0, 0.05) is 6.61 Å². The quantitative estimate of drug-likeness (QED) is 0.801. The summed E-state index contributed by atoms with van der Waals surface area (Å²) < 4.78 is 10.2. The number of aliphatic hydroxyl groups excluding tert-OH is 1. The van der Waals surface area contributed by atoms with Crippen LogP contribution in [0.15, 0.2) is 6.07 Å². The molecule has 0 bridgehead atoms. The second-order valence-electron chi connectivity index (χ2n) is 3.57. The molecule has 1 rings (SSSR count). The fourth-order valence-electron chi connectivity index (χ4n) is 1.70. The third-order valence-corrected chi connectivity index (χ3v) is 2.60. The first kappa shape index (κ1) is 12.6. The van der Waals surface area contributed by atoms with Crippen LogP contribution < -0.4 is 9.47 Å². The first-order valence-corrected chi connectivity index (χ1v) is 5.20. The Hall–Kier alpha value is -1.42. The van der Waals surface area contributed by atoms with Crippen LogP contribution >= 0.6 is 0 Å². The Bertz CT molecular complexity index is 361. The van der Waals surface area contributed by atoms with Gasteiger partial charge in [-0.15, -0.1) is 0 Å². The van der Waals surface area contributed by atoms with Gasteiger partial charge in [0.15, 0.2) is 11.5 Å². The maximum Gasteiger partial charge on any atom is 0.201 e. The molecule has 2 N–H and O–H groups in total. The van der Waals surface area contributed by atoms with Crippen molar-refractivity contribution >= 4 is 0 Å². The number of ether oxygens (including phenoxy) is 2. The van der Waals surface area contributed by atoms with Crippen molar-refractivity contribution in [2.24, 2.45) is 0 Å². The van der Waals surface area contributed by atoms with Crippen LogP contribution in [0.5, 0.6) is 17.2 Å². The van der Waals surface area contributed by atoms with Crippen molar-refractivity contribution in [3.05, 3.63) is 17.2 Å². The van der Waals surface area contributed by atoms with Gasteiger partial charge in [-0.25, -0.2) is 0 Å². The summed E-state index contributed by atoms with van der Waals surface area (Å²) in [6.07, 6.45) is 1.41. The molecule has 1 aromatic carbocycles. The van der Waals surface area contributed by atoms with Gasteiger partial charge in [-0.05, 0) is 37.0 Å². The van der Waals surface area contributed by atoms with E-state index in [1.807, 2.05) is 6.92 Å². The van der Waals surface area contributed by atoms with E-state index in [1.54, 1.807) is 6.07 Å². The van der Waals surface area contributed by atoms with Crippen LogP contribution in [-0.2, 0) is 6.42 Å². The molecule has 1 aromatic rings. The van der Waals surface area contributed by atoms with E-state index in [1.165, 1.54) is 14.2 Å². The Morgan fingerprint density at radius 3 is 2.44 bits per heavy atom. The van der Waals surface area contributed by atoms with E-state index in [2.05, 4.69) is 0 Å². The van der Waals surface area contributed by atoms with E-state index in [0.29, 0.717) is 17.9 Å². The van der Waals surface area contributed by atoms with Crippen LogP contribution in [0.3, 0.4) is 0 Å². The highest BCUT2D eigenvalue weighted by atomic mass is 16.5. The van der Waals surface area contributed by atoms with E-state index in [-0.39, 0.29) is 12.4 Å². The molecular weight excluding hydrogens is 208 g/mol. The topological polar surface area (TPSA) is 58.9 Å². The number of methoxy groups -OCH3 is 2. The molecule has 0 aromatic heterocycles. The molecule has 0 saturated carbocycles. The second kappa shape index (κ2) is 5.61. The predicted molar refractivity (Wildman–Crippen MR) is 61.4 cm³/mol. The summed E-state index contributed by atoms with van der Waals surface area (Å²) in [7, 11) is 3.01. The summed E-state index contributed by atoms with van der Waals surface area (Å²) in [5.74, 6) is 0.859. The van der Waals surface area contributed by atoms with Gasteiger partial charge in [-0.3, -0.25) is 0 Å². The van der Waals surface area contributed by atoms with Crippen LogP contribution in [0.2, 0.25) is 0 Å². The van der Waals surface area contributed by atoms with E-state index >= 15 is 0 Å². The molecule has 0 unspecified atom stereocenters. The van der Waals surface area contributed by atoms with Crippen LogP contribution in [0, 0.1) is 6.92 Å². The largest absolute Gasteiger partial charge is 0.502 e. The normalized spacial score (nSPS) is 10.2. The molecule has 0 heterocycles. The Morgan fingerprint density at radius 1 is 1.25 bits per heavy atom. The number of aryl methyl sites for hydroxylation is 1. The van der Waals surface area contributed by atoms with Crippen LogP contribution in [0.4, 0.5) is 0 Å². The zero-order chi connectivity index (χ0) is 12.1. The second-order valence-corrected chi connectivity index (χ2v) is 3.57. The van der Waals surface area contributed by atoms with E-state index < -0.39 is 0 Å². The Balaban J connectivity index is 3.18. The van der Waals surface area contributed by atoms with Gasteiger partial charge in [-0.1, -0.05) is 0 Å². The van der Waals surface area contributed by atoms with Crippen LogP contribution in [-0.4, -0.2) is 31.0 Å². The van der Waals surface area contributed by atoms with Gasteiger partial charge in [-0.2, -0.15) is 0 Å². The average Bonchev–Trinajstić information content (AvgIpc) is 2.29. The van der Waals surface area contributed by atoms with Crippen molar-refractivity contribution in [1.82, 2.24) is 0 Å². The number of hydrogen-bond donors (Lipinski definition) is 2. The summed E-state index contributed by atoms with van der Waals surface area (Å²) in [5.41, 5.74) is 1.90. The average molecular weight is 226 g/mol. The molecule has 4 heteroatoms. The summed E-state index contributed by atoms with van der Waals surface area (Å²) in [6, 6.07) is 1.78. The fraction of sp³-hybridized carbons (Fsp3) is 0.500. The van der Waals surface area contributed by atoms with Gasteiger partial charge in [0.25, 0.3) is 0 Å². The molecular formula is C12H18O4. The molecule has 90 valence electrons. The predicted octanol–water partition coefficient (Wildman–Crippen LogP) is 1.64. The first-order valence-electron chi connectivity index (χ1n) is 5.20. The first-order chi connectivity index (χ1) is 7.65. The molecule has 0 aliphatic carbocycles. The fourth-order valence-corrected chi connectivity index (χ4v) is 1.70. The molecule has 16 heavy (non-hydrogen) atoms. The number of benzene rings is 1. The summed E-state index contributed by atoms with van der Waals surface area (Å²) in [6.45, 7) is 2.02. The molecule has 0 atom stereocenters. The lowest BCUT2D eigenvalue weighted by Crippen LogP contribution is -1.98. The SMILES string of the molecule is COc1cc(CCCO)c(C)c(OC)c1O. The van der Waals surface area contributed by atoms with Crippen molar-refractivity contribution in [1.29, 1.82) is 0 Å². The van der Waals surface area contributed by atoms with E-state index in [9.17, 15) is 5.11 Å². The number of phenols is 1. The van der Waals surface area contributed by atoms with Gasteiger partial charge >= 0.3 is 0 Å². The highest BCUT2D eigenvalue weighted by Crippen LogP contribution is 2.40. The zero-order valence-corrected chi connectivity index (χ0v) is 9.91. The lowest BCUT2D eigenvalue weighted by molar-refractivity contribution is 0.288. The highest BCUT2D eigenvalue weighted by Gasteiger charge is 2.15.